The molecule has 0 radical (unpaired) electrons. The summed E-state index contributed by atoms with van der Waals surface area (Å²) < 4.78 is 0. The molecule has 2 aliphatic carbocycles. The van der Waals surface area contributed by atoms with Crippen molar-refractivity contribution in [3.8, 4) is 0 Å². The molecule has 15 heavy (non-hydrogen) atoms. The van der Waals surface area contributed by atoms with Crippen LogP contribution in [-0.2, 0) is 0 Å². The normalized spacial score (nSPS) is 35.3. The third-order valence-corrected chi connectivity index (χ3v) is 3.36. The molecule has 1 fully saturated rings. The molecule has 0 aromatic heterocycles. The van der Waals surface area contributed by atoms with Crippen LogP contribution in [0, 0.1) is 5.92 Å². The molecule has 2 unspecified atom stereocenters. The van der Waals surface area contributed by atoms with Crippen LogP contribution in [0.2, 0.25) is 0 Å². The van der Waals surface area contributed by atoms with E-state index in [9.17, 15) is 5.11 Å². The lowest BCUT2D eigenvalue weighted by atomic mass is 9.76. The van der Waals surface area contributed by atoms with Gasteiger partial charge in [0.25, 0.3) is 0 Å². The molecule has 2 rings (SSSR count). The summed E-state index contributed by atoms with van der Waals surface area (Å²) in [6.45, 7) is 2.48. The second-order valence-corrected chi connectivity index (χ2v) is 4.61. The van der Waals surface area contributed by atoms with Gasteiger partial charge < -0.3 is 10.8 Å². The first kappa shape index (κ1) is 10.7. The summed E-state index contributed by atoms with van der Waals surface area (Å²) in [5, 5.41) is 10.4. The predicted molar refractivity (Wildman–Crippen MR) is 62.3 cm³/mol. The molecule has 0 amide bonds. The van der Waals surface area contributed by atoms with E-state index >= 15 is 0 Å². The quantitative estimate of drug-likeness (QED) is 0.687. The minimum Gasteiger partial charge on any atom is -0.384 e. The Balaban J connectivity index is 2.40. The van der Waals surface area contributed by atoms with Crippen molar-refractivity contribution in [1.82, 2.24) is 0 Å². The van der Waals surface area contributed by atoms with Crippen molar-refractivity contribution in [2.24, 2.45) is 11.7 Å². The zero-order valence-corrected chi connectivity index (χ0v) is 9.24. The van der Waals surface area contributed by atoms with Crippen molar-refractivity contribution < 1.29 is 5.11 Å². The standard InChI is InChI=1S/C13H19NO/c1-10-4-2-6-12-11(8-10)5-3-7-13(12,15)9-14/h2,4,6,8,10,15H,3,5,7,9,14H2,1H3. The molecule has 2 heteroatoms. The molecular formula is C13H19NO. The van der Waals surface area contributed by atoms with Crippen molar-refractivity contribution in [2.45, 2.75) is 31.8 Å². The monoisotopic (exact) mass is 205 g/mol. The molecule has 2 atom stereocenters. The number of hydrogen-bond donors (Lipinski definition) is 2. The van der Waals surface area contributed by atoms with E-state index in [1.54, 1.807) is 0 Å². The predicted octanol–water partition coefficient (Wildman–Crippen LogP) is 1.92. The maximum Gasteiger partial charge on any atom is 0.102 e. The van der Waals surface area contributed by atoms with Gasteiger partial charge in [0.2, 0.25) is 0 Å². The highest BCUT2D eigenvalue weighted by Gasteiger charge is 2.35. The molecule has 0 spiro atoms. The van der Waals surface area contributed by atoms with Gasteiger partial charge in [0.15, 0.2) is 0 Å². The smallest absolute Gasteiger partial charge is 0.102 e. The Bertz CT molecular complexity index is 340. The lowest BCUT2D eigenvalue weighted by molar-refractivity contribution is 0.0702. The average molecular weight is 205 g/mol. The third kappa shape index (κ3) is 1.92. The zero-order chi connectivity index (χ0) is 10.9. The Morgan fingerprint density at radius 3 is 3.13 bits per heavy atom. The molecule has 1 saturated carbocycles. The summed E-state index contributed by atoms with van der Waals surface area (Å²) in [5.41, 5.74) is 7.22. The summed E-state index contributed by atoms with van der Waals surface area (Å²) in [5.74, 6) is 0.453. The van der Waals surface area contributed by atoms with Gasteiger partial charge in [-0.2, -0.15) is 0 Å². The second kappa shape index (κ2) is 3.95. The Hall–Kier alpha value is -0.860. The first-order chi connectivity index (χ1) is 7.15. The van der Waals surface area contributed by atoms with E-state index < -0.39 is 5.60 Å². The van der Waals surface area contributed by atoms with Crippen LogP contribution in [0.25, 0.3) is 0 Å². The highest BCUT2D eigenvalue weighted by Crippen LogP contribution is 2.38. The Kier molecular flexibility index (Phi) is 2.81. The van der Waals surface area contributed by atoms with Gasteiger partial charge in [-0.1, -0.05) is 31.2 Å². The highest BCUT2D eigenvalue weighted by molar-refractivity contribution is 5.45. The number of fused-ring (bicyclic) bond motifs is 1. The van der Waals surface area contributed by atoms with Crippen LogP contribution in [0.3, 0.4) is 0 Å². The van der Waals surface area contributed by atoms with E-state index in [0.717, 1.165) is 24.8 Å². The van der Waals surface area contributed by atoms with Gasteiger partial charge in [-0.3, -0.25) is 0 Å². The van der Waals surface area contributed by atoms with Crippen molar-refractivity contribution in [3.63, 3.8) is 0 Å². The maximum absolute atomic E-state index is 10.4. The second-order valence-electron chi connectivity index (χ2n) is 4.61. The van der Waals surface area contributed by atoms with E-state index in [2.05, 4.69) is 19.1 Å². The first-order valence-electron chi connectivity index (χ1n) is 5.68. The summed E-state index contributed by atoms with van der Waals surface area (Å²) in [6, 6.07) is 0. The molecule has 0 aromatic rings. The van der Waals surface area contributed by atoms with Gasteiger partial charge in [-0.15, -0.1) is 0 Å². The Morgan fingerprint density at radius 2 is 2.40 bits per heavy atom. The van der Waals surface area contributed by atoms with E-state index in [0.29, 0.717) is 12.5 Å². The molecule has 0 saturated heterocycles. The van der Waals surface area contributed by atoms with Crippen LogP contribution < -0.4 is 5.73 Å². The van der Waals surface area contributed by atoms with Gasteiger partial charge >= 0.3 is 0 Å². The fourth-order valence-electron chi connectivity index (χ4n) is 2.49. The molecule has 0 aromatic carbocycles. The average Bonchev–Trinajstić information content (AvgIpc) is 2.40. The van der Waals surface area contributed by atoms with Crippen LogP contribution in [0.1, 0.15) is 26.2 Å². The molecule has 82 valence electrons. The van der Waals surface area contributed by atoms with Gasteiger partial charge in [-0.25, -0.2) is 0 Å². The van der Waals surface area contributed by atoms with Gasteiger partial charge in [0.05, 0.1) is 0 Å². The lowest BCUT2D eigenvalue weighted by Crippen LogP contribution is -2.42. The number of aliphatic hydroxyl groups is 1. The van der Waals surface area contributed by atoms with Crippen LogP contribution in [0.15, 0.2) is 35.5 Å². The van der Waals surface area contributed by atoms with E-state index in [1.165, 1.54) is 5.57 Å². The van der Waals surface area contributed by atoms with Crippen LogP contribution in [0.5, 0.6) is 0 Å². The molecule has 0 heterocycles. The number of hydrogen-bond acceptors (Lipinski definition) is 2. The van der Waals surface area contributed by atoms with E-state index in [-0.39, 0.29) is 0 Å². The van der Waals surface area contributed by atoms with Crippen molar-refractivity contribution in [3.05, 3.63) is 35.5 Å². The van der Waals surface area contributed by atoms with E-state index in [1.807, 2.05) is 12.2 Å². The molecule has 2 nitrogen and oxygen atoms in total. The first-order valence-corrected chi connectivity index (χ1v) is 5.68. The number of rotatable bonds is 1. The van der Waals surface area contributed by atoms with Crippen molar-refractivity contribution in [1.29, 1.82) is 0 Å². The molecular weight excluding hydrogens is 186 g/mol. The Morgan fingerprint density at radius 1 is 1.60 bits per heavy atom. The summed E-state index contributed by atoms with van der Waals surface area (Å²) >= 11 is 0. The van der Waals surface area contributed by atoms with Crippen molar-refractivity contribution in [2.75, 3.05) is 6.54 Å². The topological polar surface area (TPSA) is 46.2 Å². The van der Waals surface area contributed by atoms with Gasteiger partial charge in [0, 0.05) is 6.54 Å². The molecule has 2 aliphatic rings. The van der Waals surface area contributed by atoms with Crippen LogP contribution >= 0.6 is 0 Å². The van der Waals surface area contributed by atoms with Crippen molar-refractivity contribution >= 4 is 0 Å². The number of nitrogens with two attached hydrogens (primary N) is 1. The molecule has 0 aliphatic heterocycles. The summed E-state index contributed by atoms with van der Waals surface area (Å²) in [4.78, 5) is 0. The lowest BCUT2D eigenvalue weighted by Gasteiger charge is -2.35. The largest absolute Gasteiger partial charge is 0.384 e. The van der Waals surface area contributed by atoms with E-state index in [4.69, 9.17) is 5.73 Å². The number of allylic oxidation sites excluding steroid dienone is 4. The van der Waals surface area contributed by atoms with Gasteiger partial charge in [0.1, 0.15) is 5.60 Å². The summed E-state index contributed by atoms with van der Waals surface area (Å²) in [6.07, 6.45) is 11.3. The maximum atomic E-state index is 10.4. The summed E-state index contributed by atoms with van der Waals surface area (Å²) in [7, 11) is 0. The SMILES string of the molecule is CC1C=CC=C2C(=C1)CCCC2(O)CN. The Labute approximate surface area is 91.2 Å². The zero-order valence-electron chi connectivity index (χ0n) is 9.24. The molecule has 0 bridgehead atoms. The van der Waals surface area contributed by atoms with Crippen LogP contribution in [0.4, 0.5) is 0 Å². The van der Waals surface area contributed by atoms with Crippen LogP contribution in [-0.4, -0.2) is 17.3 Å². The minimum atomic E-state index is -0.793. The third-order valence-electron chi connectivity index (χ3n) is 3.36. The fourth-order valence-corrected chi connectivity index (χ4v) is 2.49. The minimum absolute atomic E-state index is 0.318. The highest BCUT2D eigenvalue weighted by atomic mass is 16.3. The molecule has 3 N–H and O–H groups in total. The fraction of sp³-hybridized carbons (Fsp3) is 0.538. The van der Waals surface area contributed by atoms with Gasteiger partial charge in [-0.05, 0) is 36.3 Å².